The molecular formula is C26H26FN5O2. The number of hydrogen-bond acceptors (Lipinski definition) is 5. The van der Waals surface area contributed by atoms with Crippen LogP contribution in [0.15, 0.2) is 67.1 Å². The highest BCUT2D eigenvalue weighted by atomic mass is 19.1. The fourth-order valence-electron chi connectivity index (χ4n) is 3.67. The van der Waals surface area contributed by atoms with Crippen LogP contribution >= 0.6 is 0 Å². The van der Waals surface area contributed by atoms with Crippen molar-refractivity contribution in [3.05, 3.63) is 101 Å². The highest BCUT2D eigenvalue weighted by Gasteiger charge is 2.17. The number of carbonyl (C=O) groups is 1. The van der Waals surface area contributed by atoms with Crippen LogP contribution in [0.1, 0.15) is 38.7 Å². The summed E-state index contributed by atoms with van der Waals surface area (Å²) in [7, 11) is 0. The summed E-state index contributed by atoms with van der Waals surface area (Å²) in [5.41, 5.74) is 4.59. The zero-order chi connectivity index (χ0) is 24.2. The number of benzene rings is 2. The Labute approximate surface area is 197 Å². The van der Waals surface area contributed by atoms with E-state index in [-0.39, 0.29) is 18.3 Å². The normalized spacial score (nSPS) is 11.8. The standard InChI is InChI=1S/C26H26FN5O2/c1-16-5-4-6-19(11-16)23(15-33)29-25(34)20-9-10-32(14-20)24-18(3)13-28-26(31-24)30-22-8-7-21(27)12-17(22)2/h4-14,23,33H,15H2,1-3H3,(H,29,34)(H,28,30,31)/t23-/m1/s1. The number of aryl methyl sites for hydroxylation is 3. The van der Waals surface area contributed by atoms with Crippen LogP contribution in [0.3, 0.4) is 0 Å². The summed E-state index contributed by atoms with van der Waals surface area (Å²) in [5, 5.41) is 15.8. The maximum absolute atomic E-state index is 13.4. The Morgan fingerprint density at radius 3 is 2.68 bits per heavy atom. The molecule has 2 aromatic heterocycles. The Hall–Kier alpha value is -4.04. The average Bonchev–Trinajstić information content (AvgIpc) is 3.30. The molecule has 0 spiro atoms. The molecule has 1 amide bonds. The number of aliphatic hydroxyl groups is 1. The van der Waals surface area contributed by atoms with Crippen molar-refractivity contribution < 1.29 is 14.3 Å². The Bertz CT molecular complexity index is 1330. The Kier molecular flexibility index (Phi) is 6.70. The van der Waals surface area contributed by atoms with Crippen LogP contribution in [0.4, 0.5) is 16.0 Å². The van der Waals surface area contributed by atoms with Gasteiger partial charge in [-0.2, -0.15) is 4.98 Å². The molecule has 0 aliphatic heterocycles. The molecule has 34 heavy (non-hydrogen) atoms. The number of hydrogen-bond donors (Lipinski definition) is 3. The molecule has 0 unspecified atom stereocenters. The summed E-state index contributed by atoms with van der Waals surface area (Å²) in [6.07, 6.45) is 5.11. The van der Waals surface area contributed by atoms with Gasteiger partial charge in [0.2, 0.25) is 5.95 Å². The van der Waals surface area contributed by atoms with E-state index in [0.29, 0.717) is 23.0 Å². The number of amides is 1. The van der Waals surface area contributed by atoms with Crippen LogP contribution in [0.2, 0.25) is 0 Å². The maximum atomic E-state index is 13.4. The van der Waals surface area contributed by atoms with Gasteiger partial charge in [-0.05, 0) is 56.2 Å². The molecule has 0 aliphatic rings. The zero-order valence-corrected chi connectivity index (χ0v) is 19.2. The third-order valence-electron chi connectivity index (χ3n) is 5.51. The van der Waals surface area contributed by atoms with Gasteiger partial charge in [-0.1, -0.05) is 29.8 Å². The second-order valence-corrected chi connectivity index (χ2v) is 8.21. The van der Waals surface area contributed by atoms with Crippen molar-refractivity contribution in [1.82, 2.24) is 19.9 Å². The lowest BCUT2D eigenvalue weighted by Gasteiger charge is -2.17. The number of aliphatic hydroxyl groups excluding tert-OH is 1. The number of halogens is 1. The van der Waals surface area contributed by atoms with E-state index >= 15 is 0 Å². The van der Waals surface area contributed by atoms with Gasteiger partial charge in [-0.3, -0.25) is 4.79 Å². The molecule has 1 atom stereocenters. The van der Waals surface area contributed by atoms with Gasteiger partial charge in [0.05, 0.1) is 18.2 Å². The van der Waals surface area contributed by atoms with Crippen molar-refractivity contribution in [2.24, 2.45) is 0 Å². The number of nitrogens with one attached hydrogen (secondary N) is 2. The first-order valence-corrected chi connectivity index (χ1v) is 10.9. The monoisotopic (exact) mass is 459 g/mol. The predicted molar refractivity (Wildman–Crippen MR) is 129 cm³/mol. The third kappa shape index (κ3) is 5.13. The van der Waals surface area contributed by atoms with Gasteiger partial charge >= 0.3 is 0 Å². The van der Waals surface area contributed by atoms with Crippen molar-refractivity contribution in [2.75, 3.05) is 11.9 Å². The third-order valence-corrected chi connectivity index (χ3v) is 5.51. The van der Waals surface area contributed by atoms with E-state index in [0.717, 1.165) is 22.3 Å². The highest BCUT2D eigenvalue weighted by molar-refractivity contribution is 5.94. The Morgan fingerprint density at radius 2 is 1.94 bits per heavy atom. The number of rotatable bonds is 7. The van der Waals surface area contributed by atoms with Crippen LogP contribution in [-0.4, -0.2) is 32.2 Å². The minimum absolute atomic E-state index is 0.210. The smallest absolute Gasteiger partial charge is 0.253 e. The van der Waals surface area contributed by atoms with Gasteiger partial charge in [-0.25, -0.2) is 9.37 Å². The van der Waals surface area contributed by atoms with Crippen molar-refractivity contribution in [1.29, 1.82) is 0 Å². The molecule has 4 rings (SSSR count). The van der Waals surface area contributed by atoms with Crippen LogP contribution in [0.25, 0.3) is 5.82 Å². The molecule has 2 aromatic carbocycles. The minimum Gasteiger partial charge on any atom is -0.394 e. The molecule has 0 saturated heterocycles. The second kappa shape index (κ2) is 9.84. The van der Waals surface area contributed by atoms with Gasteiger partial charge in [0.15, 0.2) is 0 Å². The first kappa shape index (κ1) is 23.1. The number of anilines is 2. The fourth-order valence-corrected chi connectivity index (χ4v) is 3.67. The molecule has 7 nitrogen and oxygen atoms in total. The minimum atomic E-state index is -0.508. The van der Waals surface area contributed by atoms with E-state index in [1.54, 1.807) is 42.2 Å². The quantitative estimate of drug-likeness (QED) is 0.377. The lowest BCUT2D eigenvalue weighted by Crippen LogP contribution is -2.30. The topological polar surface area (TPSA) is 92.1 Å². The van der Waals surface area contributed by atoms with Crippen molar-refractivity contribution in [3.63, 3.8) is 0 Å². The number of aromatic nitrogens is 3. The van der Waals surface area contributed by atoms with Gasteiger partial charge in [0.25, 0.3) is 5.91 Å². The summed E-state index contributed by atoms with van der Waals surface area (Å²) in [5.74, 6) is 0.354. The van der Waals surface area contributed by atoms with Gasteiger partial charge < -0.3 is 20.3 Å². The fraction of sp³-hybridized carbons (Fsp3) is 0.192. The van der Waals surface area contributed by atoms with Gasteiger partial charge in [0, 0.05) is 29.8 Å². The molecule has 4 aromatic rings. The van der Waals surface area contributed by atoms with E-state index < -0.39 is 6.04 Å². The van der Waals surface area contributed by atoms with E-state index in [1.165, 1.54) is 12.1 Å². The maximum Gasteiger partial charge on any atom is 0.253 e. The average molecular weight is 460 g/mol. The van der Waals surface area contributed by atoms with E-state index in [9.17, 15) is 14.3 Å². The summed E-state index contributed by atoms with van der Waals surface area (Å²) in [4.78, 5) is 21.8. The molecular weight excluding hydrogens is 433 g/mol. The molecule has 0 radical (unpaired) electrons. The zero-order valence-electron chi connectivity index (χ0n) is 19.2. The molecule has 0 fully saturated rings. The molecule has 174 valence electrons. The highest BCUT2D eigenvalue weighted by Crippen LogP contribution is 2.21. The number of carbonyl (C=O) groups excluding carboxylic acids is 1. The molecule has 0 bridgehead atoms. The first-order chi connectivity index (χ1) is 16.3. The molecule has 8 heteroatoms. The largest absolute Gasteiger partial charge is 0.394 e. The summed E-state index contributed by atoms with van der Waals surface area (Å²) in [6, 6.07) is 13.3. The Balaban J connectivity index is 1.54. The van der Waals surface area contributed by atoms with Gasteiger partial charge in [-0.15, -0.1) is 0 Å². The van der Waals surface area contributed by atoms with Crippen molar-refractivity contribution in [3.8, 4) is 5.82 Å². The van der Waals surface area contributed by atoms with Crippen LogP contribution in [-0.2, 0) is 0 Å². The van der Waals surface area contributed by atoms with E-state index in [4.69, 9.17) is 0 Å². The molecule has 2 heterocycles. The first-order valence-electron chi connectivity index (χ1n) is 10.9. The van der Waals surface area contributed by atoms with Crippen molar-refractivity contribution in [2.45, 2.75) is 26.8 Å². The second-order valence-electron chi connectivity index (χ2n) is 8.21. The van der Waals surface area contributed by atoms with Crippen LogP contribution in [0.5, 0.6) is 0 Å². The lowest BCUT2D eigenvalue weighted by atomic mass is 10.0. The summed E-state index contributed by atoms with van der Waals surface area (Å²) in [6.45, 7) is 5.43. The lowest BCUT2D eigenvalue weighted by molar-refractivity contribution is 0.0916. The van der Waals surface area contributed by atoms with Crippen molar-refractivity contribution >= 4 is 17.5 Å². The predicted octanol–water partition coefficient (Wildman–Crippen LogP) is 4.54. The molecule has 3 N–H and O–H groups in total. The Morgan fingerprint density at radius 1 is 1.12 bits per heavy atom. The molecule has 0 aliphatic carbocycles. The summed E-state index contributed by atoms with van der Waals surface area (Å²) < 4.78 is 15.1. The van der Waals surface area contributed by atoms with Crippen LogP contribution in [0, 0.1) is 26.6 Å². The summed E-state index contributed by atoms with van der Waals surface area (Å²) >= 11 is 0. The molecule has 0 saturated carbocycles. The van der Waals surface area contributed by atoms with Gasteiger partial charge in [0.1, 0.15) is 11.6 Å². The van der Waals surface area contributed by atoms with Crippen LogP contribution < -0.4 is 10.6 Å². The van der Waals surface area contributed by atoms with E-state index in [1.807, 2.05) is 38.1 Å². The van der Waals surface area contributed by atoms with E-state index in [2.05, 4.69) is 20.6 Å². The number of nitrogens with zero attached hydrogens (tertiary/aromatic N) is 3. The SMILES string of the molecule is Cc1cccc([C@@H](CO)NC(=O)c2ccn(-c3nc(Nc4ccc(F)cc4C)ncc3C)c2)c1.